The van der Waals surface area contributed by atoms with Crippen molar-refractivity contribution in [3.05, 3.63) is 93.8 Å². The first-order chi connectivity index (χ1) is 27.1. The first-order valence-corrected chi connectivity index (χ1v) is 19.5. The first-order valence-electron chi connectivity index (χ1n) is 18.2. The molecule has 1 aliphatic carbocycles. The first kappa shape index (κ1) is 38.8. The Hall–Kier alpha value is -5.45. The standard InChI is InChI=1S/C39H39ClFN7O7S/c40-27-6-3-8-30(34(27)41)55-24-12-14-39(15-13-24,20-23-4-1-9-31(44-23)46-38-43-17-19-56-38)37(53)42-16-18-54-22-33(50)45-28-7-2-5-25-26(28)21-48(36(25)52)29-10-11-32(49)47-35(29)51/h1-9,17,19,24,29H,10-16,18,20-22H2,(H,42,53)(H,45,50)(H,43,44,46)(H,47,49,51). The van der Waals surface area contributed by atoms with Gasteiger partial charge in [-0.05, 0) is 68.5 Å². The second kappa shape index (κ2) is 17.1. The van der Waals surface area contributed by atoms with Crippen LogP contribution in [0.15, 0.2) is 66.2 Å². The van der Waals surface area contributed by atoms with Crippen LogP contribution in [-0.4, -0.2) is 76.3 Å². The minimum atomic E-state index is -0.843. The number of piperidine rings is 1. The minimum Gasteiger partial charge on any atom is -0.487 e. The van der Waals surface area contributed by atoms with Crippen molar-refractivity contribution in [1.29, 1.82) is 0 Å². The molecule has 0 bridgehead atoms. The topological polar surface area (TPSA) is 181 Å². The van der Waals surface area contributed by atoms with E-state index in [4.69, 9.17) is 26.1 Å². The fraction of sp³-hybridized carbons (Fsp3) is 0.359. The number of imide groups is 1. The number of fused-ring (bicyclic) bond motifs is 1. The molecule has 56 heavy (non-hydrogen) atoms. The van der Waals surface area contributed by atoms with E-state index in [0.29, 0.717) is 65.6 Å². The van der Waals surface area contributed by atoms with Crippen molar-refractivity contribution in [2.24, 2.45) is 5.41 Å². The fourth-order valence-electron chi connectivity index (χ4n) is 7.37. The molecular formula is C39H39ClFN7O7S. The van der Waals surface area contributed by atoms with Crippen molar-refractivity contribution in [2.75, 3.05) is 30.4 Å². The molecule has 14 nitrogen and oxygen atoms in total. The molecule has 1 atom stereocenters. The molecule has 2 aromatic heterocycles. The number of thiazole rings is 1. The molecule has 292 valence electrons. The number of hydrogen-bond acceptors (Lipinski definition) is 11. The monoisotopic (exact) mass is 803 g/mol. The van der Waals surface area contributed by atoms with Crippen LogP contribution < -0.4 is 26.0 Å². The van der Waals surface area contributed by atoms with Gasteiger partial charge in [0.1, 0.15) is 18.5 Å². The van der Waals surface area contributed by atoms with E-state index < -0.39 is 29.1 Å². The maximum absolute atomic E-state index is 14.6. The van der Waals surface area contributed by atoms with Crippen LogP contribution in [0, 0.1) is 11.2 Å². The molecule has 0 radical (unpaired) electrons. The van der Waals surface area contributed by atoms with Gasteiger partial charge in [-0.3, -0.25) is 29.3 Å². The van der Waals surface area contributed by atoms with E-state index in [0.717, 1.165) is 0 Å². The summed E-state index contributed by atoms with van der Waals surface area (Å²) in [4.78, 5) is 74.5. The Morgan fingerprint density at radius 1 is 1.05 bits per heavy atom. The van der Waals surface area contributed by atoms with Gasteiger partial charge in [-0.1, -0.05) is 29.8 Å². The van der Waals surface area contributed by atoms with Crippen LogP contribution in [0.2, 0.25) is 5.02 Å². The molecule has 1 saturated heterocycles. The summed E-state index contributed by atoms with van der Waals surface area (Å²) in [5, 5.41) is 13.8. The number of hydrogen-bond donors (Lipinski definition) is 4. The molecule has 2 aliphatic heterocycles. The average molecular weight is 804 g/mol. The number of carbonyl (C=O) groups is 5. The molecule has 17 heteroatoms. The normalized spacial score (nSPS) is 20.6. The molecule has 4 aromatic rings. The van der Waals surface area contributed by atoms with E-state index in [9.17, 15) is 28.4 Å². The Morgan fingerprint density at radius 2 is 1.86 bits per heavy atom. The Balaban J connectivity index is 0.938. The lowest BCUT2D eigenvalue weighted by Crippen LogP contribution is -2.52. The Kier molecular flexibility index (Phi) is 11.9. The van der Waals surface area contributed by atoms with Crippen LogP contribution in [0.3, 0.4) is 0 Å². The SMILES string of the molecule is O=C1CCC(N2Cc3c(NC(=O)COCCNC(=O)C4(Cc5cccc(Nc6nccs6)n5)CCC(Oc5cccc(Cl)c5F)CC4)cccc3C2=O)C(=O)N1. The minimum absolute atomic E-state index is 0.0255. The highest BCUT2D eigenvalue weighted by Crippen LogP contribution is 2.41. The second-order valence-corrected chi connectivity index (χ2v) is 15.2. The van der Waals surface area contributed by atoms with Gasteiger partial charge in [0.2, 0.25) is 23.6 Å². The Labute approximate surface area is 330 Å². The van der Waals surface area contributed by atoms with Crippen molar-refractivity contribution >= 4 is 69.1 Å². The van der Waals surface area contributed by atoms with E-state index in [-0.39, 0.29) is 73.7 Å². The number of benzene rings is 2. The lowest BCUT2D eigenvalue weighted by atomic mass is 9.69. The van der Waals surface area contributed by atoms with Crippen LogP contribution in [-0.2, 0) is 36.9 Å². The number of pyridine rings is 1. The van der Waals surface area contributed by atoms with Gasteiger partial charge in [0.15, 0.2) is 16.7 Å². The highest BCUT2D eigenvalue weighted by molar-refractivity contribution is 7.13. The highest BCUT2D eigenvalue weighted by atomic mass is 35.5. The van der Waals surface area contributed by atoms with Crippen molar-refractivity contribution in [1.82, 2.24) is 25.5 Å². The Bertz CT molecular complexity index is 2130. The smallest absolute Gasteiger partial charge is 0.255 e. The number of nitrogens with zero attached hydrogens (tertiary/aromatic N) is 3. The lowest BCUT2D eigenvalue weighted by molar-refractivity contribution is -0.137. The summed E-state index contributed by atoms with van der Waals surface area (Å²) in [5.41, 5.74) is 1.24. The maximum atomic E-state index is 14.6. The number of halogens is 2. The molecule has 2 aromatic carbocycles. The third-order valence-corrected chi connectivity index (χ3v) is 11.2. The van der Waals surface area contributed by atoms with Crippen LogP contribution in [0.5, 0.6) is 5.75 Å². The summed E-state index contributed by atoms with van der Waals surface area (Å²) in [6.07, 6.45) is 3.98. The summed E-state index contributed by atoms with van der Waals surface area (Å²) in [5.74, 6) is -1.83. The summed E-state index contributed by atoms with van der Waals surface area (Å²) < 4.78 is 26.2. The van der Waals surface area contributed by atoms with Crippen molar-refractivity contribution in [3.63, 3.8) is 0 Å². The van der Waals surface area contributed by atoms with E-state index in [2.05, 4.69) is 26.3 Å². The quantitative estimate of drug-likeness (QED) is 0.0983. The summed E-state index contributed by atoms with van der Waals surface area (Å²) in [6.45, 7) is -0.0126. The predicted octanol–water partition coefficient (Wildman–Crippen LogP) is 5.16. The highest BCUT2D eigenvalue weighted by Gasteiger charge is 2.43. The number of amides is 5. The van der Waals surface area contributed by atoms with Crippen molar-refractivity contribution in [2.45, 2.75) is 63.6 Å². The fourth-order valence-corrected chi connectivity index (χ4v) is 8.07. The van der Waals surface area contributed by atoms with Gasteiger partial charge in [0.25, 0.3) is 5.91 Å². The largest absolute Gasteiger partial charge is 0.487 e. The van der Waals surface area contributed by atoms with Crippen LogP contribution >= 0.6 is 22.9 Å². The maximum Gasteiger partial charge on any atom is 0.255 e. The summed E-state index contributed by atoms with van der Waals surface area (Å²) >= 11 is 7.41. The van der Waals surface area contributed by atoms with Crippen LogP contribution in [0.1, 0.15) is 60.1 Å². The van der Waals surface area contributed by atoms with Crippen LogP contribution in [0.25, 0.3) is 0 Å². The number of rotatable bonds is 14. The molecule has 2 fully saturated rings. The zero-order chi connectivity index (χ0) is 39.2. The van der Waals surface area contributed by atoms with Gasteiger partial charge >= 0.3 is 0 Å². The van der Waals surface area contributed by atoms with E-state index in [1.54, 1.807) is 30.5 Å². The lowest BCUT2D eigenvalue weighted by Gasteiger charge is -2.39. The summed E-state index contributed by atoms with van der Waals surface area (Å²) in [7, 11) is 0. The van der Waals surface area contributed by atoms with Crippen LogP contribution in [0.4, 0.5) is 21.0 Å². The molecule has 3 aliphatic rings. The molecule has 1 saturated carbocycles. The molecule has 1 unspecified atom stereocenters. The predicted molar refractivity (Wildman–Crippen MR) is 205 cm³/mol. The average Bonchev–Trinajstić information content (AvgIpc) is 3.82. The number of carbonyl (C=O) groups excluding carboxylic acids is 5. The van der Waals surface area contributed by atoms with Gasteiger partial charge < -0.3 is 30.3 Å². The number of anilines is 3. The molecule has 7 rings (SSSR count). The molecular weight excluding hydrogens is 765 g/mol. The van der Waals surface area contributed by atoms with Gasteiger partial charge in [-0.2, -0.15) is 0 Å². The van der Waals surface area contributed by atoms with E-state index in [1.807, 2.05) is 23.6 Å². The van der Waals surface area contributed by atoms with Gasteiger partial charge in [-0.25, -0.2) is 14.4 Å². The molecule has 5 amide bonds. The van der Waals surface area contributed by atoms with Crippen molar-refractivity contribution in [3.8, 4) is 5.75 Å². The zero-order valence-electron chi connectivity index (χ0n) is 30.1. The molecule has 4 heterocycles. The molecule has 4 N–H and O–H groups in total. The third-order valence-electron chi connectivity index (χ3n) is 10.2. The number of ether oxygens (including phenoxy) is 2. The number of aromatic nitrogens is 2. The van der Waals surface area contributed by atoms with E-state index in [1.165, 1.54) is 28.4 Å². The Morgan fingerprint density at radius 3 is 2.64 bits per heavy atom. The summed E-state index contributed by atoms with van der Waals surface area (Å²) in [6, 6.07) is 14.4. The van der Waals surface area contributed by atoms with Gasteiger partial charge in [-0.15, -0.1) is 11.3 Å². The zero-order valence-corrected chi connectivity index (χ0v) is 31.7. The second-order valence-electron chi connectivity index (χ2n) is 13.9. The van der Waals surface area contributed by atoms with E-state index >= 15 is 0 Å². The number of nitrogens with one attached hydrogen (secondary N) is 4. The third kappa shape index (κ3) is 8.82. The van der Waals surface area contributed by atoms with Crippen molar-refractivity contribution < 1.29 is 37.8 Å². The molecule has 0 spiro atoms. The van der Waals surface area contributed by atoms with Gasteiger partial charge in [0, 0.05) is 60.0 Å². The van der Waals surface area contributed by atoms with Gasteiger partial charge in [0.05, 0.1) is 23.1 Å².